The van der Waals surface area contributed by atoms with E-state index in [1.165, 1.54) is 38.0 Å². The molecule has 4 aliphatic rings. The molecule has 1 N–H and O–H groups in total. The van der Waals surface area contributed by atoms with Crippen molar-refractivity contribution in [1.82, 2.24) is 0 Å². The summed E-state index contributed by atoms with van der Waals surface area (Å²) in [5.41, 5.74) is 6.97. The second-order valence-electron chi connectivity index (χ2n) is 9.10. The van der Waals surface area contributed by atoms with Gasteiger partial charge < -0.3 is 5.32 Å². The Morgan fingerprint density at radius 2 is 1.89 bits per heavy atom. The highest BCUT2D eigenvalue weighted by atomic mass is 15.1. The monoisotopic (exact) mass is 355 g/mol. The van der Waals surface area contributed by atoms with E-state index in [2.05, 4.69) is 68.5 Å². The lowest BCUT2D eigenvalue weighted by Gasteiger charge is -2.65. The zero-order chi connectivity index (χ0) is 18.6. The molecule has 3 nitrogen and oxygen atoms in total. The number of rotatable bonds is 2. The van der Waals surface area contributed by atoms with Crippen molar-refractivity contribution in [2.24, 2.45) is 10.2 Å². The van der Waals surface area contributed by atoms with E-state index in [4.69, 9.17) is 5.11 Å². The molecule has 2 unspecified atom stereocenters. The van der Waals surface area contributed by atoms with Gasteiger partial charge in [0.25, 0.3) is 0 Å². The van der Waals surface area contributed by atoms with Crippen LogP contribution in [0.15, 0.2) is 34.0 Å². The first-order chi connectivity index (χ1) is 13.0. The number of nitrogens with one attached hydrogen (secondary N) is 1. The van der Waals surface area contributed by atoms with Crippen LogP contribution in [0.3, 0.4) is 0 Å². The number of hydrogen-bond donors (Lipinski definition) is 1. The molecule has 0 fully saturated rings. The van der Waals surface area contributed by atoms with Crippen molar-refractivity contribution < 1.29 is 0 Å². The highest BCUT2D eigenvalue weighted by Crippen LogP contribution is 2.65. The van der Waals surface area contributed by atoms with E-state index in [0.29, 0.717) is 0 Å². The molecule has 0 aromatic heterocycles. The van der Waals surface area contributed by atoms with Crippen LogP contribution in [-0.4, -0.2) is 11.6 Å². The van der Waals surface area contributed by atoms with Gasteiger partial charge in [-0.25, -0.2) is 0 Å². The van der Waals surface area contributed by atoms with Gasteiger partial charge in [-0.15, -0.1) is 0 Å². The lowest BCUT2D eigenvalue weighted by atomic mass is 9.43. The van der Waals surface area contributed by atoms with Crippen LogP contribution in [0, 0.1) is 0 Å². The number of hydrogen-bond acceptors (Lipinski definition) is 3. The number of azo groups is 1. The lowest BCUT2D eigenvalue weighted by Crippen LogP contribution is -2.68. The van der Waals surface area contributed by atoms with Crippen molar-refractivity contribution in [2.75, 3.05) is 5.32 Å². The summed E-state index contributed by atoms with van der Waals surface area (Å²) in [6, 6.07) is 4.89. The normalized spacial score (nSPS) is 29.1. The van der Waals surface area contributed by atoms with Gasteiger partial charge in [0.05, 0.1) is 17.3 Å². The zero-order valence-electron chi connectivity index (χ0n) is 16.5. The molecule has 27 heavy (non-hydrogen) atoms. The summed E-state index contributed by atoms with van der Waals surface area (Å²) in [7, 11) is 0. The van der Waals surface area contributed by atoms with E-state index in [1.807, 2.05) is 0 Å². The molecule has 0 bridgehead atoms. The van der Waals surface area contributed by atoms with Crippen LogP contribution >= 0.6 is 0 Å². The van der Waals surface area contributed by atoms with E-state index < -0.39 is 0 Å². The first-order valence-corrected chi connectivity index (χ1v) is 10.2. The Kier molecular flexibility index (Phi) is 2.72. The maximum Gasteiger partial charge on any atom is 0.117 e. The Hall–Kier alpha value is -2.42. The van der Waals surface area contributed by atoms with Crippen LogP contribution in [0.4, 0.5) is 11.4 Å². The van der Waals surface area contributed by atoms with Crippen LogP contribution < -0.4 is 15.8 Å². The van der Waals surface area contributed by atoms with E-state index in [9.17, 15) is 0 Å². The molecule has 1 aliphatic heterocycles. The Morgan fingerprint density at radius 3 is 2.63 bits per heavy atom. The predicted octanol–water partition coefficient (Wildman–Crippen LogP) is 4.62. The number of fused-ring (bicyclic) bond motifs is 2. The maximum atomic E-state index is 4.78. The van der Waals surface area contributed by atoms with Crippen LogP contribution in [-0.2, 0) is 11.8 Å². The van der Waals surface area contributed by atoms with E-state index >= 15 is 0 Å². The minimum absolute atomic E-state index is 0.0138. The fourth-order valence-electron chi connectivity index (χ4n) is 6.03. The first-order valence-electron chi connectivity index (χ1n) is 10.2. The Balaban J connectivity index is 1.81. The third-order valence-corrected chi connectivity index (χ3v) is 7.20. The molecule has 2 aromatic rings. The van der Waals surface area contributed by atoms with Gasteiger partial charge >= 0.3 is 0 Å². The smallest absolute Gasteiger partial charge is 0.117 e. The van der Waals surface area contributed by atoms with Crippen molar-refractivity contribution in [3.8, 4) is 0 Å². The lowest BCUT2D eigenvalue weighted by molar-refractivity contribution is 0.270. The summed E-state index contributed by atoms with van der Waals surface area (Å²) < 4.78 is 0. The Labute approximate surface area is 159 Å². The average Bonchev–Trinajstić information content (AvgIpc) is 2.60. The predicted molar refractivity (Wildman–Crippen MR) is 112 cm³/mol. The standard InChI is InChI=1S/C24H25N3/c1-13(2)26-27-21-18-8-6-5-7-16(18)17-10-9-15-12-24-14(3)11-23(24,4)25-22(21)19(17)20(15)24/h7-11,13,25H,5-6,12H2,1-4H3. The average molecular weight is 355 g/mol. The van der Waals surface area contributed by atoms with Crippen molar-refractivity contribution in [1.29, 1.82) is 0 Å². The van der Waals surface area contributed by atoms with Gasteiger partial charge in [-0.05, 0) is 68.7 Å². The highest BCUT2D eigenvalue weighted by molar-refractivity contribution is 6.08. The summed E-state index contributed by atoms with van der Waals surface area (Å²) in [6.45, 7) is 8.82. The van der Waals surface area contributed by atoms with Gasteiger partial charge in [-0.3, -0.25) is 0 Å². The summed E-state index contributed by atoms with van der Waals surface area (Å²) in [5.74, 6) is 0. The van der Waals surface area contributed by atoms with Gasteiger partial charge in [0.1, 0.15) is 5.69 Å². The number of benzene rings is 2. The van der Waals surface area contributed by atoms with E-state index in [1.54, 1.807) is 5.56 Å². The Bertz CT molecular complexity index is 1230. The summed E-state index contributed by atoms with van der Waals surface area (Å²) in [6.07, 6.45) is 10.5. The quantitative estimate of drug-likeness (QED) is 0.619. The van der Waals surface area contributed by atoms with Gasteiger partial charge in [0.2, 0.25) is 0 Å². The van der Waals surface area contributed by atoms with Crippen LogP contribution in [0.5, 0.6) is 0 Å². The molecule has 1 heterocycles. The van der Waals surface area contributed by atoms with E-state index in [-0.39, 0.29) is 17.0 Å². The molecule has 1 spiro atoms. The molecule has 3 aliphatic carbocycles. The summed E-state index contributed by atoms with van der Waals surface area (Å²) in [4.78, 5) is 0. The fourth-order valence-corrected chi connectivity index (χ4v) is 6.03. The molecule has 2 atom stereocenters. The van der Waals surface area contributed by atoms with Gasteiger partial charge in [0.15, 0.2) is 0 Å². The van der Waals surface area contributed by atoms with Crippen LogP contribution in [0.1, 0.15) is 51.7 Å². The highest BCUT2D eigenvalue weighted by Gasteiger charge is 2.64. The summed E-state index contributed by atoms with van der Waals surface area (Å²) >= 11 is 0. The topological polar surface area (TPSA) is 36.8 Å². The Morgan fingerprint density at radius 1 is 1.11 bits per heavy atom. The van der Waals surface area contributed by atoms with Crippen molar-refractivity contribution in [3.63, 3.8) is 0 Å². The molecule has 0 radical (unpaired) electrons. The molecule has 136 valence electrons. The molecule has 0 saturated carbocycles. The molecule has 3 heteroatoms. The third-order valence-electron chi connectivity index (χ3n) is 7.20. The van der Waals surface area contributed by atoms with Crippen LogP contribution in [0.25, 0.3) is 22.9 Å². The minimum atomic E-state index is -0.0138. The fraction of sp³-hybridized carbons (Fsp3) is 0.417. The molecule has 0 saturated heterocycles. The zero-order valence-corrected chi connectivity index (χ0v) is 16.5. The molecular formula is C24H25N3. The third kappa shape index (κ3) is 1.61. The van der Waals surface area contributed by atoms with Gasteiger partial charge in [0, 0.05) is 16.0 Å². The molecular weight excluding hydrogens is 330 g/mol. The first kappa shape index (κ1) is 15.6. The van der Waals surface area contributed by atoms with E-state index in [0.717, 1.165) is 24.9 Å². The maximum absolute atomic E-state index is 4.78. The van der Waals surface area contributed by atoms with Gasteiger partial charge in [-0.2, -0.15) is 10.2 Å². The number of nitrogens with zero attached hydrogens (tertiary/aromatic N) is 2. The second-order valence-corrected chi connectivity index (χ2v) is 9.10. The molecule has 6 rings (SSSR count). The van der Waals surface area contributed by atoms with Crippen LogP contribution in [0.2, 0.25) is 0 Å². The SMILES string of the molecule is CC1=CC2(C)Nc3c(N=NC(C)C)c4c(c5ccc6c(c35)C12C6)=CCCC=4. The van der Waals surface area contributed by atoms with Crippen molar-refractivity contribution in [2.45, 2.75) is 64.0 Å². The largest absolute Gasteiger partial charge is 0.373 e. The minimum Gasteiger partial charge on any atom is -0.373 e. The van der Waals surface area contributed by atoms with Gasteiger partial charge in [-0.1, -0.05) is 35.9 Å². The molecule has 0 amide bonds. The second kappa shape index (κ2) is 4.70. The number of anilines is 1. The van der Waals surface area contributed by atoms with Crippen molar-refractivity contribution in [3.05, 3.63) is 45.3 Å². The summed E-state index contributed by atoms with van der Waals surface area (Å²) in [5, 5.41) is 18.6. The van der Waals surface area contributed by atoms with Crippen molar-refractivity contribution >= 4 is 34.3 Å². The molecule has 2 aromatic carbocycles.